The molecule has 1 atom stereocenters. The van der Waals surface area contributed by atoms with Gasteiger partial charge in [-0.25, -0.2) is 0 Å². The monoisotopic (exact) mass is 237 g/mol. The molecule has 0 amide bonds. The lowest BCUT2D eigenvalue weighted by Crippen LogP contribution is -2.27. The molecule has 0 aromatic heterocycles. The second-order valence-electron chi connectivity index (χ2n) is 5.45. The molecule has 0 aliphatic heterocycles. The summed E-state index contributed by atoms with van der Waals surface area (Å²) in [4.78, 5) is 0. The van der Waals surface area contributed by atoms with E-state index in [2.05, 4.69) is 32.9 Å². The van der Waals surface area contributed by atoms with Crippen molar-refractivity contribution in [2.75, 3.05) is 13.2 Å². The quantitative estimate of drug-likeness (QED) is 0.842. The van der Waals surface area contributed by atoms with E-state index >= 15 is 0 Å². The standard InChI is InChI=1S/C14H23NO2/c1-10-5-6-12(14(2,3)4)13(7-10)17-9-11(16)8-15/h5-7,11,16H,8-9,15H2,1-4H3/t11-/m1/s1. The Morgan fingerprint density at radius 1 is 1.35 bits per heavy atom. The molecule has 1 aromatic carbocycles. The molecule has 0 saturated carbocycles. The number of hydrogen-bond acceptors (Lipinski definition) is 3. The fourth-order valence-corrected chi connectivity index (χ4v) is 1.62. The van der Waals surface area contributed by atoms with Gasteiger partial charge in [-0.05, 0) is 29.5 Å². The van der Waals surface area contributed by atoms with Crippen LogP contribution in [0.3, 0.4) is 0 Å². The highest BCUT2D eigenvalue weighted by Gasteiger charge is 2.19. The van der Waals surface area contributed by atoms with E-state index in [1.807, 2.05) is 13.0 Å². The van der Waals surface area contributed by atoms with E-state index in [1.54, 1.807) is 0 Å². The molecule has 0 saturated heterocycles. The van der Waals surface area contributed by atoms with Gasteiger partial charge in [0.15, 0.2) is 0 Å². The molecule has 3 nitrogen and oxygen atoms in total. The Hall–Kier alpha value is -1.06. The molecule has 0 unspecified atom stereocenters. The molecule has 17 heavy (non-hydrogen) atoms. The van der Waals surface area contributed by atoms with E-state index in [-0.39, 0.29) is 18.6 Å². The highest BCUT2D eigenvalue weighted by atomic mass is 16.5. The second kappa shape index (κ2) is 5.52. The predicted molar refractivity (Wildman–Crippen MR) is 70.4 cm³/mol. The zero-order valence-corrected chi connectivity index (χ0v) is 11.2. The Morgan fingerprint density at radius 3 is 2.53 bits per heavy atom. The van der Waals surface area contributed by atoms with Crippen molar-refractivity contribution in [3.63, 3.8) is 0 Å². The van der Waals surface area contributed by atoms with Gasteiger partial charge in [0.2, 0.25) is 0 Å². The summed E-state index contributed by atoms with van der Waals surface area (Å²) < 4.78 is 5.67. The third-order valence-corrected chi connectivity index (χ3v) is 2.65. The van der Waals surface area contributed by atoms with Crippen molar-refractivity contribution in [1.29, 1.82) is 0 Å². The van der Waals surface area contributed by atoms with Crippen molar-refractivity contribution in [3.8, 4) is 5.75 Å². The van der Waals surface area contributed by atoms with Gasteiger partial charge in [0.05, 0.1) is 0 Å². The minimum Gasteiger partial charge on any atom is -0.491 e. The fourth-order valence-electron chi connectivity index (χ4n) is 1.62. The van der Waals surface area contributed by atoms with Crippen LogP contribution in [0.4, 0.5) is 0 Å². The molecule has 0 aliphatic carbocycles. The minimum absolute atomic E-state index is 0.0245. The number of rotatable bonds is 4. The third kappa shape index (κ3) is 4.02. The van der Waals surface area contributed by atoms with Crippen molar-refractivity contribution >= 4 is 0 Å². The molecule has 0 radical (unpaired) electrons. The number of aliphatic hydroxyl groups is 1. The summed E-state index contributed by atoms with van der Waals surface area (Å²) in [7, 11) is 0. The van der Waals surface area contributed by atoms with E-state index in [1.165, 1.54) is 0 Å². The molecule has 96 valence electrons. The average molecular weight is 237 g/mol. The Morgan fingerprint density at radius 2 is 2.00 bits per heavy atom. The first kappa shape index (κ1) is 14.0. The predicted octanol–water partition coefficient (Wildman–Crippen LogP) is 1.99. The van der Waals surface area contributed by atoms with Crippen LogP contribution >= 0.6 is 0 Å². The number of aryl methyl sites for hydroxylation is 1. The van der Waals surface area contributed by atoms with E-state index in [9.17, 15) is 5.11 Å². The lowest BCUT2D eigenvalue weighted by Gasteiger charge is -2.23. The van der Waals surface area contributed by atoms with Crippen molar-refractivity contribution < 1.29 is 9.84 Å². The van der Waals surface area contributed by atoms with Gasteiger partial charge in [-0.2, -0.15) is 0 Å². The summed E-state index contributed by atoms with van der Waals surface area (Å²) in [5.41, 5.74) is 7.68. The summed E-state index contributed by atoms with van der Waals surface area (Å²) in [6.07, 6.45) is -0.608. The number of ether oxygens (including phenoxy) is 1. The molecule has 3 N–H and O–H groups in total. The zero-order chi connectivity index (χ0) is 13.1. The van der Waals surface area contributed by atoms with E-state index in [4.69, 9.17) is 10.5 Å². The van der Waals surface area contributed by atoms with Gasteiger partial charge < -0.3 is 15.6 Å². The smallest absolute Gasteiger partial charge is 0.123 e. The van der Waals surface area contributed by atoms with Gasteiger partial charge in [-0.15, -0.1) is 0 Å². The summed E-state index contributed by atoms with van der Waals surface area (Å²) >= 11 is 0. The molecule has 0 fully saturated rings. The Balaban J connectivity index is 2.92. The SMILES string of the molecule is Cc1ccc(C(C)(C)C)c(OC[C@H](O)CN)c1. The van der Waals surface area contributed by atoms with Crippen LogP contribution in [0.1, 0.15) is 31.9 Å². The Bertz CT molecular complexity index is 369. The molecule has 0 heterocycles. The fraction of sp³-hybridized carbons (Fsp3) is 0.571. The molecule has 0 bridgehead atoms. The largest absolute Gasteiger partial charge is 0.491 e. The van der Waals surface area contributed by atoms with Crippen LogP contribution in [-0.4, -0.2) is 24.4 Å². The first-order chi connectivity index (χ1) is 7.84. The van der Waals surface area contributed by atoms with Gasteiger partial charge in [-0.3, -0.25) is 0 Å². The molecule has 0 spiro atoms. The van der Waals surface area contributed by atoms with Gasteiger partial charge in [0, 0.05) is 6.54 Å². The average Bonchev–Trinajstić information content (AvgIpc) is 2.24. The van der Waals surface area contributed by atoms with Gasteiger partial charge >= 0.3 is 0 Å². The Kier molecular flexibility index (Phi) is 4.54. The first-order valence-electron chi connectivity index (χ1n) is 5.96. The van der Waals surface area contributed by atoms with Crippen molar-refractivity contribution in [2.24, 2.45) is 5.73 Å². The van der Waals surface area contributed by atoms with Crippen LogP contribution in [0.2, 0.25) is 0 Å². The summed E-state index contributed by atoms with van der Waals surface area (Å²) in [6.45, 7) is 8.91. The lowest BCUT2D eigenvalue weighted by molar-refractivity contribution is 0.113. The van der Waals surface area contributed by atoms with Crippen LogP contribution in [0, 0.1) is 6.92 Å². The maximum atomic E-state index is 9.43. The molecule has 3 heteroatoms. The summed E-state index contributed by atoms with van der Waals surface area (Å²) in [5.74, 6) is 0.838. The molecule has 1 aromatic rings. The summed E-state index contributed by atoms with van der Waals surface area (Å²) in [6, 6.07) is 6.16. The third-order valence-electron chi connectivity index (χ3n) is 2.65. The highest BCUT2D eigenvalue weighted by molar-refractivity contribution is 5.41. The maximum absolute atomic E-state index is 9.43. The minimum atomic E-state index is -0.608. The van der Waals surface area contributed by atoms with E-state index in [0.29, 0.717) is 0 Å². The first-order valence-corrected chi connectivity index (χ1v) is 5.96. The van der Waals surface area contributed by atoms with Gasteiger partial charge in [0.1, 0.15) is 18.5 Å². The molecule has 1 rings (SSSR count). The van der Waals surface area contributed by atoms with Crippen LogP contribution in [0.25, 0.3) is 0 Å². The van der Waals surface area contributed by atoms with Crippen LogP contribution in [0.5, 0.6) is 5.75 Å². The van der Waals surface area contributed by atoms with Crippen LogP contribution < -0.4 is 10.5 Å². The van der Waals surface area contributed by atoms with E-state index < -0.39 is 6.10 Å². The normalized spacial score (nSPS) is 13.5. The van der Waals surface area contributed by atoms with Crippen molar-refractivity contribution in [1.82, 2.24) is 0 Å². The van der Waals surface area contributed by atoms with Crippen LogP contribution in [0.15, 0.2) is 18.2 Å². The Labute approximate surface area is 104 Å². The van der Waals surface area contributed by atoms with Gasteiger partial charge in [-0.1, -0.05) is 32.9 Å². The zero-order valence-electron chi connectivity index (χ0n) is 11.2. The molecule has 0 aliphatic rings. The number of benzene rings is 1. The number of nitrogens with two attached hydrogens (primary N) is 1. The van der Waals surface area contributed by atoms with E-state index in [0.717, 1.165) is 16.9 Å². The lowest BCUT2D eigenvalue weighted by atomic mass is 9.86. The molecular formula is C14H23NO2. The number of hydrogen-bond donors (Lipinski definition) is 2. The maximum Gasteiger partial charge on any atom is 0.123 e. The van der Waals surface area contributed by atoms with Crippen molar-refractivity contribution in [2.45, 2.75) is 39.2 Å². The second-order valence-corrected chi connectivity index (χ2v) is 5.45. The van der Waals surface area contributed by atoms with Gasteiger partial charge in [0.25, 0.3) is 0 Å². The topological polar surface area (TPSA) is 55.5 Å². The number of aliphatic hydroxyl groups excluding tert-OH is 1. The van der Waals surface area contributed by atoms with Crippen LogP contribution in [-0.2, 0) is 5.41 Å². The molecular weight excluding hydrogens is 214 g/mol. The highest BCUT2D eigenvalue weighted by Crippen LogP contribution is 2.32. The summed E-state index contributed by atoms with van der Waals surface area (Å²) in [5, 5.41) is 9.43. The van der Waals surface area contributed by atoms with Crippen molar-refractivity contribution in [3.05, 3.63) is 29.3 Å².